The fourth-order valence-electron chi connectivity index (χ4n) is 2.69. The van der Waals surface area contributed by atoms with E-state index in [4.69, 9.17) is 0 Å². The number of nitrogens with zero attached hydrogens (tertiary/aromatic N) is 3. The second kappa shape index (κ2) is 5.46. The summed E-state index contributed by atoms with van der Waals surface area (Å²) in [6.07, 6.45) is 5.93. The van der Waals surface area contributed by atoms with Gasteiger partial charge in [0, 0.05) is 17.9 Å². The summed E-state index contributed by atoms with van der Waals surface area (Å²) in [6.45, 7) is 5.31. The second-order valence-electron chi connectivity index (χ2n) is 5.16. The topological polar surface area (TPSA) is 56.8 Å². The van der Waals surface area contributed by atoms with Gasteiger partial charge in [-0.1, -0.05) is 12.6 Å². The van der Waals surface area contributed by atoms with Crippen LogP contribution >= 0.6 is 0 Å². The minimum absolute atomic E-state index is 0.390. The van der Waals surface area contributed by atoms with E-state index in [9.17, 15) is 0 Å². The van der Waals surface area contributed by atoms with Gasteiger partial charge in [0.1, 0.15) is 5.69 Å². The molecule has 0 bridgehead atoms. The fraction of sp³-hybridized carbons (Fsp3) is 0.333. The third kappa shape index (κ3) is 2.44. The van der Waals surface area contributed by atoms with Crippen LogP contribution in [-0.4, -0.2) is 39.7 Å². The van der Waals surface area contributed by atoms with Crippen LogP contribution in [0.3, 0.4) is 0 Å². The summed E-state index contributed by atoms with van der Waals surface area (Å²) in [5.74, 6) is 0. The van der Waals surface area contributed by atoms with Crippen molar-refractivity contribution in [3.63, 3.8) is 0 Å². The zero-order chi connectivity index (χ0) is 13.9. The first-order valence-electron chi connectivity index (χ1n) is 6.86. The smallest absolute Gasteiger partial charge is 0.107 e. The lowest BCUT2D eigenvalue weighted by Gasteiger charge is -2.22. The average Bonchev–Trinajstić information content (AvgIpc) is 3.08. The molecule has 2 aromatic heterocycles. The summed E-state index contributed by atoms with van der Waals surface area (Å²) in [7, 11) is 2.14. The molecule has 0 aromatic carbocycles. The van der Waals surface area contributed by atoms with Crippen LogP contribution in [0.4, 0.5) is 5.69 Å². The highest BCUT2D eigenvalue weighted by molar-refractivity contribution is 5.72. The maximum Gasteiger partial charge on any atom is 0.107 e. The van der Waals surface area contributed by atoms with Crippen LogP contribution in [-0.2, 0) is 0 Å². The Balaban J connectivity index is 1.79. The fourth-order valence-corrected chi connectivity index (χ4v) is 2.69. The lowest BCUT2D eigenvalue weighted by Crippen LogP contribution is -2.29. The average molecular weight is 269 g/mol. The molecule has 2 aromatic rings. The van der Waals surface area contributed by atoms with Crippen molar-refractivity contribution < 1.29 is 0 Å². The van der Waals surface area contributed by atoms with E-state index in [0.29, 0.717) is 6.04 Å². The minimum atomic E-state index is 0.390. The Bertz CT molecular complexity index is 589. The first-order valence-corrected chi connectivity index (χ1v) is 6.86. The second-order valence-corrected chi connectivity index (χ2v) is 5.16. The molecule has 1 aliphatic heterocycles. The first-order chi connectivity index (χ1) is 9.75. The molecule has 2 N–H and O–H groups in total. The molecule has 1 saturated heterocycles. The molecule has 1 fully saturated rings. The van der Waals surface area contributed by atoms with E-state index in [1.807, 2.05) is 18.2 Å². The SMILES string of the molecule is C=C(Nc1cn[nH]c1-c1ccccn1)C1CCCN1C. The van der Waals surface area contributed by atoms with Crippen molar-refractivity contribution >= 4 is 5.69 Å². The molecule has 0 aliphatic carbocycles. The van der Waals surface area contributed by atoms with Gasteiger partial charge in [0.2, 0.25) is 0 Å². The van der Waals surface area contributed by atoms with Crippen LogP contribution in [0.2, 0.25) is 0 Å². The van der Waals surface area contributed by atoms with Gasteiger partial charge >= 0.3 is 0 Å². The highest BCUT2D eigenvalue weighted by Gasteiger charge is 2.24. The van der Waals surface area contributed by atoms with Gasteiger partial charge in [-0.25, -0.2) is 0 Å². The number of likely N-dealkylation sites (tertiary alicyclic amines) is 1. The van der Waals surface area contributed by atoms with Gasteiger partial charge in [-0.2, -0.15) is 5.10 Å². The summed E-state index contributed by atoms with van der Waals surface area (Å²) in [5.41, 5.74) is 3.71. The van der Waals surface area contributed by atoms with Crippen LogP contribution in [0.1, 0.15) is 12.8 Å². The lowest BCUT2D eigenvalue weighted by atomic mass is 10.1. The van der Waals surface area contributed by atoms with Gasteiger partial charge in [-0.15, -0.1) is 0 Å². The number of H-pyrrole nitrogens is 1. The van der Waals surface area contributed by atoms with Crippen LogP contribution < -0.4 is 5.32 Å². The molecule has 3 heterocycles. The molecular formula is C15H19N5. The number of anilines is 1. The standard InChI is InChI=1S/C15H19N5/c1-11(14-7-5-9-20(14)2)18-13-10-17-19-15(13)12-6-3-4-8-16-12/h3-4,6,8,10,14,18H,1,5,7,9H2,2H3,(H,17,19). The predicted molar refractivity (Wildman–Crippen MR) is 80.2 cm³/mol. The number of hydrogen-bond acceptors (Lipinski definition) is 4. The van der Waals surface area contributed by atoms with E-state index < -0.39 is 0 Å². The Morgan fingerprint density at radius 3 is 3.10 bits per heavy atom. The molecule has 1 aliphatic rings. The van der Waals surface area contributed by atoms with Gasteiger partial charge in [0.05, 0.1) is 17.6 Å². The van der Waals surface area contributed by atoms with Gasteiger partial charge in [-0.3, -0.25) is 15.0 Å². The van der Waals surface area contributed by atoms with E-state index in [1.165, 1.54) is 6.42 Å². The number of pyridine rings is 1. The third-order valence-corrected chi connectivity index (χ3v) is 3.78. The highest BCUT2D eigenvalue weighted by atomic mass is 15.2. The van der Waals surface area contributed by atoms with Crippen LogP contribution in [0.5, 0.6) is 0 Å². The molecule has 0 radical (unpaired) electrons. The number of aromatic nitrogens is 3. The molecule has 104 valence electrons. The quantitative estimate of drug-likeness (QED) is 0.895. The number of hydrogen-bond donors (Lipinski definition) is 2. The van der Waals surface area contributed by atoms with Gasteiger partial charge in [-0.05, 0) is 38.6 Å². The first kappa shape index (κ1) is 12.9. The molecule has 20 heavy (non-hydrogen) atoms. The summed E-state index contributed by atoms with van der Waals surface area (Å²) < 4.78 is 0. The summed E-state index contributed by atoms with van der Waals surface area (Å²) in [4.78, 5) is 6.68. The van der Waals surface area contributed by atoms with Crippen molar-refractivity contribution in [3.05, 3.63) is 42.9 Å². The number of likely N-dealkylation sites (N-methyl/N-ethyl adjacent to an activating group) is 1. The zero-order valence-electron chi connectivity index (χ0n) is 11.6. The van der Waals surface area contributed by atoms with E-state index >= 15 is 0 Å². The molecule has 0 amide bonds. The van der Waals surface area contributed by atoms with E-state index in [0.717, 1.165) is 35.7 Å². The minimum Gasteiger partial charge on any atom is -0.355 e. The Labute approximate surface area is 118 Å². The normalized spacial score (nSPS) is 19.1. The maximum atomic E-state index is 4.35. The molecule has 1 atom stereocenters. The molecule has 0 saturated carbocycles. The molecule has 5 nitrogen and oxygen atoms in total. The van der Waals surface area contributed by atoms with E-state index in [1.54, 1.807) is 12.4 Å². The van der Waals surface area contributed by atoms with Crippen LogP contribution in [0.25, 0.3) is 11.4 Å². The van der Waals surface area contributed by atoms with Crippen molar-refractivity contribution in [1.82, 2.24) is 20.1 Å². The van der Waals surface area contributed by atoms with Crippen molar-refractivity contribution in [3.8, 4) is 11.4 Å². The lowest BCUT2D eigenvalue weighted by molar-refractivity contribution is 0.346. The van der Waals surface area contributed by atoms with Crippen molar-refractivity contribution in [2.24, 2.45) is 0 Å². The Kier molecular flexibility index (Phi) is 3.52. The highest BCUT2D eigenvalue weighted by Crippen LogP contribution is 2.27. The van der Waals surface area contributed by atoms with Crippen LogP contribution in [0, 0.1) is 0 Å². The van der Waals surface area contributed by atoms with E-state index in [-0.39, 0.29) is 0 Å². The largest absolute Gasteiger partial charge is 0.355 e. The van der Waals surface area contributed by atoms with Crippen molar-refractivity contribution in [1.29, 1.82) is 0 Å². The van der Waals surface area contributed by atoms with Crippen molar-refractivity contribution in [2.45, 2.75) is 18.9 Å². The molecule has 0 spiro atoms. The monoisotopic (exact) mass is 269 g/mol. The molecule has 1 unspecified atom stereocenters. The van der Waals surface area contributed by atoms with Gasteiger partial charge in [0.15, 0.2) is 0 Å². The van der Waals surface area contributed by atoms with Gasteiger partial charge < -0.3 is 5.32 Å². The number of aromatic amines is 1. The third-order valence-electron chi connectivity index (χ3n) is 3.78. The van der Waals surface area contributed by atoms with Crippen LogP contribution in [0.15, 0.2) is 42.9 Å². The molecular weight excluding hydrogens is 250 g/mol. The predicted octanol–water partition coefficient (Wildman–Crippen LogP) is 2.49. The summed E-state index contributed by atoms with van der Waals surface area (Å²) >= 11 is 0. The number of rotatable bonds is 4. The number of nitrogens with one attached hydrogen (secondary N) is 2. The van der Waals surface area contributed by atoms with E-state index in [2.05, 4.69) is 39.0 Å². The Morgan fingerprint density at radius 2 is 2.40 bits per heavy atom. The summed E-state index contributed by atoms with van der Waals surface area (Å²) in [6, 6.07) is 6.22. The maximum absolute atomic E-state index is 4.35. The molecule has 3 rings (SSSR count). The Morgan fingerprint density at radius 1 is 1.50 bits per heavy atom. The summed E-state index contributed by atoms with van der Waals surface area (Å²) in [5, 5.41) is 10.5. The van der Waals surface area contributed by atoms with Gasteiger partial charge in [0.25, 0.3) is 0 Å². The van der Waals surface area contributed by atoms with Crippen molar-refractivity contribution in [2.75, 3.05) is 18.9 Å². The zero-order valence-corrected chi connectivity index (χ0v) is 11.6. The Hall–Kier alpha value is -2.14. The molecule has 5 heteroatoms.